The lowest BCUT2D eigenvalue weighted by Crippen LogP contribution is -2.10. The number of carbonyl (C=O) groups excluding carboxylic acids is 1. The van der Waals surface area contributed by atoms with Gasteiger partial charge in [0.15, 0.2) is 5.43 Å². The minimum atomic E-state index is -0.460. The van der Waals surface area contributed by atoms with Gasteiger partial charge in [0, 0.05) is 11.6 Å². The van der Waals surface area contributed by atoms with Crippen molar-refractivity contribution in [3.63, 3.8) is 0 Å². The van der Waals surface area contributed by atoms with E-state index in [9.17, 15) is 9.59 Å². The Morgan fingerprint density at radius 1 is 0.889 bits per heavy atom. The van der Waals surface area contributed by atoms with Crippen LogP contribution in [0, 0.1) is 6.92 Å². The van der Waals surface area contributed by atoms with E-state index in [0.29, 0.717) is 28.0 Å². The first kappa shape index (κ1) is 16.8. The summed E-state index contributed by atoms with van der Waals surface area (Å²) < 4.78 is 11.3. The van der Waals surface area contributed by atoms with Crippen LogP contribution in [0.2, 0.25) is 0 Å². The van der Waals surface area contributed by atoms with Gasteiger partial charge in [-0.05, 0) is 36.8 Å². The summed E-state index contributed by atoms with van der Waals surface area (Å²) in [5.74, 6) is 0.339. The highest BCUT2D eigenvalue weighted by atomic mass is 16.5. The van der Waals surface area contributed by atoms with Crippen LogP contribution in [-0.4, -0.2) is 5.97 Å². The van der Waals surface area contributed by atoms with Crippen molar-refractivity contribution in [3.05, 3.63) is 100 Å². The van der Waals surface area contributed by atoms with Crippen molar-refractivity contribution in [2.75, 3.05) is 0 Å². The van der Waals surface area contributed by atoms with E-state index in [2.05, 4.69) is 0 Å². The van der Waals surface area contributed by atoms with Crippen LogP contribution in [0.25, 0.3) is 22.3 Å². The van der Waals surface area contributed by atoms with Crippen LogP contribution in [0.5, 0.6) is 5.75 Å². The van der Waals surface area contributed by atoms with Crippen molar-refractivity contribution < 1.29 is 13.9 Å². The van der Waals surface area contributed by atoms with Crippen LogP contribution < -0.4 is 10.2 Å². The second kappa shape index (κ2) is 6.92. The summed E-state index contributed by atoms with van der Waals surface area (Å²) >= 11 is 0. The summed E-state index contributed by atoms with van der Waals surface area (Å²) in [6.07, 6.45) is 0. The van der Waals surface area contributed by atoms with Crippen LogP contribution in [0.4, 0.5) is 0 Å². The van der Waals surface area contributed by atoms with Gasteiger partial charge in [-0.15, -0.1) is 0 Å². The molecule has 0 spiro atoms. The lowest BCUT2D eigenvalue weighted by atomic mass is 10.1. The van der Waals surface area contributed by atoms with Gasteiger partial charge in [0.05, 0.1) is 10.9 Å². The van der Waals surface area contributed by atoms with E-state index in [-0.39, 0.29) is 5.43 Å². The molecule has 0 aliphatic rings. The van der Waals surface area contributed by atoms with Gasteiger partial charge < -0.3 is 9.15 Å². The number of hydrogen-bond donors (Lipinski definition) is 0. The van der Waals surface area contributed by atoms with Crippen LogP contribution in [-0.2, 0) is 0 Å². The van der Waals surface area contributed by atoms with Gasteiger partial charge >= 0.3 is 5.97 Å². The molecule has 0 aliphatic carbocycles. The van der Waals surface area contributed by atoms with Crippen molar-refractivity contribution in [3.8, 4) is 17.1 Å². The predicted molar refractivity (Wildman–Crippen MR) is 104 cm³/mol. The van der Waals surface area contributed by atoms with Crippen LogP contribution in [0.1, 0.15) is 15.9 Å². The van der Waals surface area contributed by atoms with Crippen LogP contribution in [0.15, 0.2) is 88.1 Å². The lowest BCUT2D eigenvalue weighted by Gasteiger charge is -2.08. The van der Waals surface area contributed by atoms with E-state index in [1.807, 2.05) is 49.4 Å². The van der Waals surface area contributed by atoms with Gasteiger partial charge in [0.25, 0.3) is 0 Å². The van der Waals surface area contributed by atoms with Gasteiger partial charge in [0.1, 0.15) is 17.1 Å². The zero-order valence-corrected chi connectivity index (χ0v) is 14.6. The molecule has 0 saturated heterocycles. The van der Waals surface area contributed by atoms with E-state index in [1.165, 1.54) is 12.1 Å². The molecule has 4 aromatic rings. The normalized spacial score (nSPS) is 10.7. The minimum absolute atomic E-state index is 0.191. The van der Waals surface area contributed by atoms with Crippen molar-refractivity contribution in [1.82, 2.24) is 0 Å². The van der Waals surface area contributed by atoms with E-state index in [4.69, 9.17) is 9.15 Å². The number of aryl methyl sites for hydroxylation is 1. The molecule has 27 heavy (non-hydrogen) atoms. The molecule has 4 nitrogen and oxygen atoms in total. The molecule has 0 saturated carbocycles. The molecule has 1 heterocycles. The topological polar surface area (TPSA) is 56.5 Å². The van der Waals surface area contributed by atoms with Gasteiger partial charge in [-0.3, -0.25) is 4.79 Å². The minimum Gasteiger partial charge on any atom is -0.456 e. The number of esters is 1. The molecule has 0 unspecified atom stereocenters. The van der Waals surface area contributed by atoms with Crippen molar-refractivity contribution in [2.45, 2.75) is 6.92 Å². The van der Waals surface area contributed by atoms with Crippen molar-refractivity contribution in [2.24, 2.45) is 0 Å². The smallest absolute Gasteiger partial charge is 0.343 e. The molecule has 0 radical (unpaired) electrons. The monoisotopic (exact) mass is 356 g/mol. The van der Waals surface area contributed by atoms with Crippen LogP contribution in [0.3, 0.4) is 0 Å². The summed E-state index contributed by atoms with van der Waals surface area (Å²) in [6, 6.07) is 22.9. The number of ether oxygens (including phenoxy) is 1. The molecule has 0 bridgehead atoms. The molecule has 4 heteroatoms. The molecule has 0 fully saturated rings. The molecule has 0 aliphatic heterocycles. The quantitative estimate of drug-likeness (QED) is 0.383. The number of hydrogen-bond acceptors (Lipinski definition) is 4. The van der Waals surface area contributed by atoms with Crippen molar-refractivity contribution in [1.29, 1.82) is 0 Å². The second-order valence-corrected chi connectivity index (χ2v) is 6.20. The maximum Gasteiger partial charge on any atom is 0.343 e. The Kier molecular flexibility index (Phi) is 4.30. The Bertz CT molecular complexity index is 1190. The van der Waals surface area contributed by atoms with Gasteiger partial charge in [0.2, 0.25) is 0 Å². The maximum atomic E-state index is 12.5. The summed E-state index contributed by atoms with van der Waals surface area (Å²) in [5, 5.41) is 0.366. The first-order valence-corrected chi connectivity index (χ1v) is 8.53. The Morgan fingerprint density at radius 3 is 2.41 bits per heavy atom. The zero-order valence-electron chi connectivity index (χ0n) is 14.6. The highest BCUT2D eigenvalue weighted by molar-refractivity contribution is 5.93. The average molecular weight is 356 g/mol. The fraction of sp³-hybridized carbons (Fsp3) is 0.0435. The van der Waals surface area contributed by atoms with Crippen LogP contribution >= 0.6 is 0 Å². The van der Waals surface area contributed by atoms with E-state index < -0.39 is 5.97 Å². The van der Waals surface area contributed by atoms with E-state index >= 15 is 0 Å². The fourth-order valence-electron chi connectivity index (χ4n) is 2.91. The SMILES string of the molecule is Cc1ccccc1C(=O)Oc1ccc2oc(-c3ccccc3)cc(=O)c2c1. The Labute approximate surface area is 155 Å². The average Bonchev–Trinajstić information content (AvgIpc) is 2.69. The highest BCUT2D eigenvalue weighted by Gasteiger charge is 2.13. The van der Waals surface area contributed by atoms with Gasteiger partial charge in [-0.2, -0.15) is 0 Å². The molecular formula is C23H16O4. The predicted octanol–water partition coefficient (Wildman–Crippen LogP) is 4.99. The number of rotatable bonds is 3. The molecule has 4 rings (SSSR count). The molecule has 132 valence electrons. The Morgan fingerprint density at radius 2 is 1.63 bits per heavy atom. The number of benzene rings is 3. The fourth-order valence-corrected chi connectivity index (χ4v) is 2.91. The molecule has 0 N–H and O–H groups in total. The summed E-state index contributed by atoms with van der Waals surface area (Å²) in [7, 11) is 0. The van der Waals surface area contributed by atoms with E-state index in [0.717, 1.165) is 11.1 Å². The molecule has 0 amide bonds. The lowest BCUT2D eigenvalue weighted by molar-refractivity contribution is 0.0734. The zero-order chi connectivity index (χ0) is 18.8. The third-order valence-electron chi connectivity index (χ3n) is 4.33. The first-order valence-electron chi connectivity index (χ1n) is 8.53. The summed E-state index contributed by atoms with van der Waals surface area (Å²) in [5.41, 5.74) is 2.40. The van der Waals surface area contributed by atoms with Crippen molar-refractivity contribution >= 4 is 16.9 Å². The Balaban J connectivity index is 1.69. The van der Waals surface area contributed by atoms with Gasteiger partial charge in [-0.25, -0.2) is 4.79 Å². The van der Waals surface area contributed by atoms with Gasteiger partial charge in [-0.1, -0.05) is 48.5 Å². The molecule has 3 aromatic carbocycles. The highest BCUT2D eigenvalue weighted by Crippen LogP contribution is 2.25. The standard InChI is InChI=1S/C23H16O4/c1-15-7-5-6-10-18(15)23(25)26-17-11-12-21-19(13-17)20(24)14-22(27-21)16-8-3-2-4-9-16/h2-14H,1H3. The molecular weight excluding hydrogens is 340 g/mol. The summed E-state index contributed by atoms with van der Waals surface area (Å²) in [6.45, 7) is 1.84. The largest absolute Gasteiger partial charge is 0.456 e. The maximum absolute atomic E-state index is 12.5. The third kappa shape index (κ3) is 3.37. The second-order valence-electron chi connectivity index (χ2n) is 6.20. The summed E-state index contributed by atoms with van der Waals surface area (Å²) in [4.78, 5) is 24.9. The first-order chi connectivity index (χ1) is 13.1. The number of carbonyl (C=O) groups is 1. The third-order valence-corrected chi connectivity index (χ3v) is 4.33. The van der Waals surface area contributed by atoms with E-state index in [1.54, 1.807) is 24.3 Å². The molecule has 0 atom stereocenters. The molecule has 1 aromatic heterocycles. The number of fused-ring (bicyclic) bond motifs is 1. The Hall–Kier alpha value is -3.66.